The molecule has 0 saturated carbocycles. The first-order chi connectivity index (χ1) is 11.7. The molecular formula is C17H16FN3O2S. The highest BCUT2D eigenvalue weighted by atomic mass is 32.2. The zero-order valence-electron chi connectivity index (χ0n) is 13.1. The van der Waals surface area contributed by atoms with Crippen LogP contribution in [0.2, 0.25) is 0 Å². The van der Waals surface area contributed by atoms with Gasteiger partial charge in [0.15, 0.2) is 0 Å². The van der Waals surface area contributed by atoms with Crippen LogP contribution < -0.4 is 4.74 Å². The van der Waals surface area contributed by atoms with Crippen molar-refractivity contribution >= 4 is 11.8 Å². The van der Waals surface area contributed by atoms with Crippen LogP contribution in [-0.4, -0.2) is 21.8 Å². The van der Waals surface area contributed by atoms with Crippen molar-refractivity contribution in [1.29, 1.82) is 0 Å². The van der Waals surface area contributed by atoms with Gasteiger partial charge in [-0.3, -0.25) is 4.98 Å². The zero-order chi connectivity index (χ0) is 16.8. The average Bonchev–Trinajstić information content (AvgIpc) is 3.02. The molecule has 0 saturated heterocycles. The molecule has 0 aliphatic carbocycles. The fraction of sp³-hybridized carbons (Fsp3) is 0.235. The van der Waals surface area contributed by atoms with E-state index >= 15 is 0 Å². The van der Waals surface area contributed by atoms with Crippen molar-refractivity contribution in [1.82, 2.24) is 15.2 Å². The fourth-order valence-electron chi connectivity index (χ4n) is 2.07. The summed E-state index contributed by atoms with van der Waals surface area (Å²) in [5, 5.41) is 8.46. The second-order valence-corrected chi connectivity index (χ2v) is 5.90. The summed E-state index contributed by atoms with van der Waals surface area (Å²) in [6.07, 6.45) is 2.11. The van der Waals surface area contributed by atoms with Gasteiger partial charge in [0.25, 0.3) is 5.22 Å². The van der Waals surface area contributed by atoms with Crippen LogP contribution >= 0.6 is 11.8 Å². The molecule has 2 heterocycles. The summed E-state index contributed by atoms with van der Waals surface area (Å²) in [5.74, 6) is 1.56. The second-order valence-electron chi connectivity index (χ2n) is 4.98. The van der Waals surface area contributed by atoms with Gasteiger partial charge in [-0.15, -0.1) is 10.2 Å². The van der Waals surface area contributed by atoms with Gasteiger partial charge in [0.2, 0.25) is 5.89 Å². The summed E-state index contributed by atoms with van der Waals surface area (Å²) in [5.41, 5.74) is 1.69. The van der Waals surface area contributed by atoms with Gasteiger partial charge in [0.05, 0.1) is 24.9 Å². The molecule has 0 unspecified atom stereocenters. The van der Waals surface area contributed by atoms with E-state index in [1.807, 2.05) is 25.1 Å². The number of halogens is 1. The molecular weight excluding hydrogens is 329 g/mol. The highest BCUT2D eigenvalue weighted by Gasteiger charge is 2.09. The minimum absolute atomic E-state index is 0.275. The Morgan fingerprint density at radius 1 is 1.21 bits per heavy atom. The minimum atomic E-state index is -0.275. The van der Waals surface area contributed by atoms with Crippen molar-refractivity contribution in [3.63, 3.8) is 0 Å². The lowest BCUT2D eigenvalue weighted by molar-refractivity contribution is 0.338. The lowest BCUT2D eigenvalue weighted by Gasteiger charge is -2.02. The summed E-state index contributed by atoms with van der Waals surface area (Å²) in [6.45, 7) is 2.55. The third kappa shape index (κ3) is 4.55. The molecule has 0 radical (unpaired) electrons. The summed E-state index contributed by atoms with van der Waals surface area (Å²) < 4.78 is 24.1. The van der Waals surface area contributed by atoms with Crippen LogP contribution in [0.15, 0.2) is 52.2 Å². The summed E-state index contributed by atoms with van der Waals surface area (Å²) >= 11 is 1.41. The number of pyridine rings is 1. The van der Waals surface area contributed by atoms with E-state index < -0.39 is 0 Å². The van der Waals surface area contributed by atoms with Gasteiger partial charge in [-0.25, -0.2) is 4.39 Å². The molecule has 0 N–H and O–H groups in total. The first-order valence-electron chi connectivity index (χ1n) is 7.50. The molecule has 0 aliphatic heterocycles. The summed E-state index contributed by atoms with van der Waals surface area (Å²) in [4.78, 5) is 4.32. The van der Waals surface area contributed by atoms with E-state index in [1.54, 1.807) is 12.3 Å². The highest BCUT2D eigenvalue weighted by molar-refractivity contribution is 7.98. The lowest BCUT2D eigenvalue weighted by atomic mass is 10.1. The molecule has 0 fully saturated rings. The van der Waals surface area contributed by atoms with Crippen molar-refractivity contribution in [2.24, 2.45) is 0 Å². The molecule has 0 amide bonds. The third-order valence-corrected chi connectivity index (χ3v) is 4.00. The first-order valence-corrected chi connectivity index (χ1v) is 8.49. The average molecular weight is 345 g/mol. The van der Waals surface area contributed by atoms with Crippen LogP contribution in [0.5, 0.6) is 5.75 Å². The van der Waals surface area contributed by atoms with Gasteiger partial charge in [-0.1, -0.05) is 23.9 Å². The number of thioether (sulfide) groups is 1. The Morgan fingerprint density at radius 2 is 2.12 bits per heavy atom. The largest absolute Gasteiger partial charge is 0.492 e. The van der Waals surface area contributed by atoms with E-state index in [0.717, 1.165) is 17.0 Å². The Hall–Kier alpha value is -2.41. The molecule has 3 rings (SSSR count). The van der Waals surface area contributed by atoms with E-state index in [1.165, 1.54) is 23.9 Å². The van der Waals surface area contributed by atoms with Gasteiger partial charge >= 0.3 is 0 Å². The number of aromatic nitrogens is 3. The van der Waals surface area contributed by atoms with Crippen LogP contribution in [0.25, 0.3) is 0 Å². The Bertz CT molecular complexity index is 793. The minimum Gasteiger partial charge on any atom is -0.492 e. The molecule has 7 heteroatoms. The molecule has 24 heavy (non-hydrogen) atoms. The molecule has 0 atom stereocenters. The molecule has 0 aliphatic rings. The van der Waals surface area contributed by atoms with Gasteiger partial charge in [-0.05, 0) is 36.8 Å². The number of ether oxygens (including phenoxy) is 1. The van der Waals surface area contributed by atoms with E-state index in [0.29, 0.717) is 29.9 Å². The fourth-order valence-corrected chi connectivity index (χ4v) is 2.77. The van der Waals surface area contributed by atoms with Crippen molar-refractivity contribution in [2.75, 3.05) is 6.61 Å². The number of rotatable bonds is 7. The van der Waals surface area contributed by atoms with Crippen LogP contribution in [0, 0.1) is 5.82 Å². The number of hydrogen-bond donors (Lipinski definition) is 0. The third-order valence-electron chi connectivity index (χ3n) is 3.14. The van der Waals surface area contributed by atoms with E-state index in [2.05, 4.69) is 15.2 Å². The van der Waals surface area contributed by atoms with Gasteiger partial charge in [0.1, 0.15) is 11.6 Å². The normalized spacial score (nSPS) is 10.8. The summed E-state index contributed by atoms with van der Waals surface area (Å²) in [6, 6.07) is 10.1. The second kappa shape index (κ2) is 7.92. The Morgan fingerprint density at radius 3 is 2.88 bits per heavy atom. The van der Waals surface area contributed by atoms with E-state index in [9.17, 15) is 4.39 Å². The first kappa shape index (κ1) is 16.4. The molecule has 1 aromatic carbocycles. The Balaban J connectivity index is 1.56. The van der Waals surface area contributed by atoms with Crippen LogP contribution in [0.3, 0.4) is 0 Å². The van der Waals surface area contributed by atoms with Gasteiger partial charge < -0.3 is 9.15 Å². The molecule has 0 spiro atoms. The maximum absolute atomic E-state index is 13.2. The number of nitrogens with zero attached hydrogens (tertiary/aromatic N) is 3. The zero-order valence-corrected chi connectivity index (χ0v) is 13.9. The smallest absolute Gasteiger partial charge is 0.276 e. The van der Waals surface area contributed by atoms with Crippen LogP contribution in [0.1, 0.15) is 24.1 Å². The van der Waals surface area contributed by atoms with E-state index in [4.69, 9.17) is 9.15 Å². The molecule has 124 valence electrons. The van der Waals surface area contributed by atoms with Gasteiger partial charge in [-0.2, -0.15) is 0 Å². The highest BCUT2D eigenvalue weighted by Crippen LogP contribution is 2.22. The molecule has 5 nitrogen and oxygen atoms in total. The van der Waals surface area contributed by atoms with Crippen molar-refractivity contribution in [2.45, 2.75) is 24.3 Å². The maximum atomic E-state index is 13.2. The molecule has 2 aromatic heterocycles. The maximum Gasteiger partial charge on any atom is 0.276 e. The van der Waals surface area contributed by atoms with Crippen LogP contribution in [0.4, 0.5) is 4.39 Å². The van der Waals surface area contributed by atoms with Crippen molar-refractivity contribution in [3.05, 3.63) is 65.6 Å². The SMILES string of the molecule is CCOc1ccc(CSc2nnc(Cc3cccc(F)c3)o2)nc1. The van der Waals surface area contributed by atoms with Crippen molar-refractivity contribution in [3.8, 4) is 5.75 Å². The monoisotopic (exact) mass is 345 g/mol. The van der Waals surface area contributed by atoms with E-state index in [-0.39, 0.29) is 5.82 Å². The van der Waals surface area contributed by atoms with Gasteiger partial charge in [0, 0.05) is 5.75 Å². The summed E-state index contributed by atoms with van der Waals surface area (Å²) in [7, 11) is 0. The van der Waals surface area contributed by atoms with Crippen molar-refractivity contribution < 1.29 is 13.5 Å². The quantitative estimate of drug-likeness (QED) is 0.606. The molecule has 3 aromatic rings. The Kier molecular flexibility index (Phi) is 5.43. The number of benzene rings is 1. The number of hydrogen-bond acceptors (Lipinski definition) is 6. The molecule has 0 bridgehead atoms. The van der Waals surface area contributed by atoms with Crippen LogP contribution in [-0.2, 0) is 12.2 Å². The predicted octanol–water partition coefficient (Wildman–Crippen LogP) is 3.89. The Labute approximate surface area is 143 Å². The topological polar surface area (TPSA) is 61.0 Å². The standard InChI is InChI=1S/C17H16FN3O2S/c1-2-22-15-7-6-14(19-10-15)11-24-17-21-20-16(23-17)9-12-4-3-5-13(18)8-12/h3-8,10H,2,9,11H2,1H3. The lowest BCUT2D eigenvalue weighted by Crippen LogP contribution is -1.93. The predicted molar refractivity (Wildman–Crippen MR) is 88.5 cm³/mol.